The van der Waals surface area contributed by atoms with E-state index in [-0.39, 0.29) is 10.5 Å². The van der Waals surface area contributed by atoms with Crippen LogP contribution < -0.4 is 9.46 Å². The molecule has 4 aromatic rings. The third-order valence-corrected chi connectivity index (χ3v) is 6.42. The standard InChI is InChI=1S/C24H21N3O5S/c1-32-20-12-10-17(11-13-20)14-23-22(24(28)29)16-25-27(23)19-7-5-6-18(15-19)26-33(30,31)21-8-3-2-4-9-21/h2-13,15-16,26H,14H2,1H3,(H,28,29). The minimum Gasteiger partial charge on any atom is -0.497 e. The molecule has 1 heterocycles. The SMILES string of the molecule is COc1ccc(Cc2c(C(=O)O)cnn2-c2cccc(NS(=O)(=O)c3ccccc3)c2)cc1. The van der Waals surface area contributed by atoms with E-state index in [4.69, 9.17) is 4.74 Å². The number of benzene rings is 3. The van der Waals surface area contributed by atoms with Gasteiger partial charge in [0.25, 0.3) is 10.0 Å². The van der Waals surface area contributed by atoms with Crippen molar-refractivity contribution in [3.63, 3.8) is 0 Å². The predicted molar refractivity (Wildman–Crippen MR) is 124 cm³/mol. The monoisotopic (exact) mass is 463 g/mol. The van der Waals surface area contributed by atoms with E-state index in [9.17, 15) is 18.3 Å². The number of carboxylic acids is 1. The number of anilines is 1. The smallest absolute Gasteiger partial charge is 0.339 e. The summed E-state index contributed by atoms with van der Waals surface area (Å²) in [4.78, 5) is 11.9. The maximum Gasteiger partial charge on any atom is 0.339 e. The molecule has 0 saturated heterocycles. The zero-order chi connectivity index (χ0) is 23.4. The number of aromatic nitrogens is 2. The molecule has 0 radical (unpaired) electrons. The Labute approximate surface area is 191 Å². The lowest BCUT2D eigenvalue weighted by molar-refractivity contribution is 0.0695. The van der Waals surface area contributed by atoms with Crippen molar-refractivity contribution in [2.24, 2.45) is 0 Å². The van der Waals surface area contributed by atoms with Crippen molar-refractivity contribution in [1.29, 1.82) is 0 Å². The molecule has 0 saturated carbocycles. The topological polar surface area (TPSA) is 111 Å². The van der Waals surface area contributed by atoms with Crippen LogP contribution in [0, 0.1) is 0 Å². The maximum atomic E-state index is 12.7. The molecule has 0 unspecified atom stereocenters. The number of nitrogens with zero attached hydrogens (tertiary/aromatic N) is 2. The fraction of sp³-hybridized carbons (Fsp3) is 0.0833. The van der Waals surface area contributed by atoms with Crippen LogP contribution in [0.2, 0.25) is 0 Å². The van der Waals surface area contributed by atoms with Gasteiger partial charge < -0.3 is 9.84 Å². The summed E-state index contributed by atoms with van der Waals surface area (Å²) in [5, 5.41) is 13.9. The summed E-state index contributed by atoms with van der Waals surface area (Å²) in [6, 6.07) is 22.0. The molecule has 0 aliphatic carbocycles. The Morgan fingerprint density at radius 1 is 1.03 bits per heavy atom. The van der Waals surface area contributed by atoms with Crippen molar-refractivity contribution in [2.75, 3.05) is 11.8 Å². The molecule has 8 nitrogen and oxygen atoms in total. The molecule has 0 aliphatic rings. The van der Waals surface area contributed by atoms with E-state index in [1.807, 2.05) is 12.1 Å². The largest absolute Gasteiger partial charge is 0.497 e. The van der Waals surface area contributed by atoms with Crippen LogP contribution in [0.1, 0.15) is 21.6 Å². The number of ether oxygens (including phenoxy) is 1. The molecule has 33 heavy (non-hydrogen) atoms. The van der Waals surface area contributed by atoms with E-state index in [1.54, 1.807) is 61.7 Å². The van der Waals surface area contributed by atoms with Crippen molar-refractivity contribution < 1.29 is 23.1 Å². The minimum absolute atomic E-state index is 0.0705. The number of aromatic carboxylic acids is 1. The first-order chi connectivity index (χ1) is 15.9. The minimum atomic E-state index is -3.77. The number of rotatable bonds is 8. The lowest BCUT2D eigenvalue weighted by Gasteiger charge is -2.12. The second-order valence-electron chi connectivity index (χ2n) is 7.22. The van der Waals surface area contributed by atoms with Gasteiger partial charge in [0.2, 0.25) is 0 Å². The quantitative estimate of drug-likeness (QED) is 0.409. The van der Waals surface area contributed by atoms with Gasteiger partial charge in [0.1, 0.15) is 11.3 Å². The van der Waals surface area contributed by atoms with Crippen LogP contribution in [-0.4, -0.2) is 36.4 Å². The van der Waals surface area contributed by atoms with Crippen LogP contribution >= 0.6 is 0 Å². The van der Waals surface area contributed by atoms with Gasteiger partial charge in [-0.15, -0.1) is 0 Å². The summed E-state index contributed by atoms with van der Waals surface area (Å²) in [5.74, 6) is -0.394. The maximum absolute atomic E-state index is 12.7. The highest BCUT2D eigenvalue weighted by Crippen LogP contribution is 2.23. The van der Waals surface area contributed by atoms with Gasteiger partial charge >= 0.3 is 5.97 Å². The zero-order valence-corrected chi connectivity index (χ0v) is 18.5. The first kappa shape index (κ1) is 22.1. The molecule has 2 N–H and O–H groups in total. The van der Waals surface area contributed by atoms with Crippen LogP contribution in [0.15, 0.2) is 90.0 Å². The zero-order valence-electron chi connectivity index (χ0n) is 17.7. The average molecular weight is 464 g/mol. The Hall–Kier alpha value is -4.11. The van der Waals surface area contributed by atoms with Crippen molar-refractivity contribution in [2.45, 2.75) is 11.3 Å². The molecule has 0 fully saturated rings. The molecule has 0 aliphatic heterocycles. The molecule has 0 bridgehead atoms. The molecule has 3 aromatic carbocycles. The van der Waals surface area contributed by atoms with Crippen LogP contribution in [0.25, 0.3) is 5.69 Å². The lowest BCUT2D eigenvalue weighted by Crippen LogP contribution is -2.13. The Morgan fingerprint density at radius 2 is 1.76 bits per heavy atom. The van der Waals surface area contributed by atoms with Gasteiger partial charge in [-0.25, -0.2) is 17.9 Å². The van der Waals surface area contributed by atoms with E-state index in [1.165, 1.54) is 23.0 Å². The Bertz CT molecular complexity index is 1380. The van der Waals surface area contributed by atoms with Crippen molar-refractivity contribution in [3.8, 4) is 11.4 Å². The Kier molecular flexibility index (Phi) is 6.14. The number of hydrogen-bond donors (Lipinski definition) is 2. The van der Waals surface area contributed by atoms with Crippen molar-refractivity contribution >= 4 is 21.7 Å². The molecular weight excluding hydrogens is 442 g/mol. The molecular formula is C24H21N3O5S. The van der Waals surface area contributed by atoms with Gasteiger partial charge in [-0.1, -0.05) is 36.4 Å². The van der Waals surface area contributed by atoms with Crippen molar-refractivity contribution in [3.05, 3.63) is 102 Å². The van der Waals surface area contributed by atoms with Gasteiger partial charge in [0.15, 0.2) is 0 Å². The number of carbonyl (C=O) groups is 1. The fourth-order valence-corrected chi connectivity index (χ4v) is 4.47. The first-order valence-corrected chi connectivity index (χ1v) is 11.5. The van der Waals surface area contributed by atoms with Crippen molar-refractivity contribution in [1.82, 2.24) is 9.78 Å². The predicted octanol–water partition coefficient (Wildman–Crippen LogP) is 3.97. The van der Waals surface area contributed by atoms with Crippen LogP contribution in [0.5, 0.6) is 5.75 Å². The number of methoxy groups -OCH3 is 1. The number of sulfonamides is 1. The molecule has 0 amide bonds. The highest BCUT2D eigenvalue weighted by molar-refractivity contribution is 7.92. The second kappa shape index (κ2) is 9.17. The number of hydrogen-bond acceptors (Lipinski definition) is 5. The van der Waals surface area contributed by atoms with Crippen LogP contribution in [0.4, 0.5) is 5.69 Å². The van der Waals surface area contributed by atoms with Gasteiger partial charge in [-0.2, -0.15) is 5.10 Å². The molecule has 0 spiro atoms. The summed E-state index contributed by atoms with van der Waals surface area (Å²) in [6.07, 6.45) is 1.60. The third kappa shape index (κ3) is 4.88. The molecule has 1 aromatic heterocycles. The Balaban J connectivity index is 1.68. The van der Waals surface area contributed by atoms with Gasteiger partial charge in [-0.05, 0) is 48.0 Å². The van der Waals surface area contributed by atoms with Gasteiger partial charge in [-0.3, -0.25) is 4.72 Å². The highest BCUT2D eigenvalue weighted by atomic mass is 32.2. The molecule has 9 heteroatoms. The van der Waals surface area contributed by atoms with E-state index in [2.05, 4.69) is 9.82 Å². The summed E-state index contributed by atoms with van der Waals surface area (Å²) in [6.45, 7) is 0. The Morgan fingerprint density at radius 3 is 2.42 bits per heavy atom. The van der Waals surface area contributed by atoms with Crippen LogP contribution in [-0.2, 0) is 16.4 Å². The van der Waals surface area contributed by atoms with Gasteiger partial charge in [0, 0.05) is 6.42 Å². The average Bonchev–Trinajstić information content (AvgIpc) is 3.24. The fourth-order valence-electron chi connectivity index (χ4n) is 3.40. The van der Waals surface area contributed by atoms with E-state index in [0.29, 0.717) is 29.2 Å². The van der Waals surface area contributed by atoms with E-state index < -0.39 is 16.0 Å². The van der Waals surface area contributed by atoms with E-state index in [0.717, 1.165) is 5.56 Å². The summed E-state index contributed by atoms with van der Waals surface area (Å²) >= 11 is 0. The lowest BCUT2D eigenvalue weighted by atomic mass is 10.1. The third-order valence-electron chi connectivity index (χ3n) is 5.03. The summed E-state index contributed by atoms with van der Waals surface area (Å²) < 4.78 is 34.6. The van der Waals surface area contributed by atoms with E-state index >= 15 is 0 Å². The summed E-state index contributed by atoms with van der Waals surface area (Å²) in [7, 11) is -2.20. The first-order valence-electron chi connectivity index (χ1n) is 9.99. The molecule has 0 atom stereocenters. The summed E-state index contributed by atoms with van der Waals surface area (Å²) in [5.41, 5.74) is 2.27. The number of carboxylic acid groups (broad SMARTS) is 1. The molecule has 168 valence electrons. The number of nitrogens with one attached hydrogen (secondary N) is 1. The highest BCUT2D eigenvalue weighted by Gasteiger charge is 2.19. The van der Waals surface area contributed by atoms with Gasteiger partial charge in [0.05, 0.1) is 35.3 Å². The van der Waals surface area contributed by atoms with Crippen LogP contribution in [0.3, 0.4) is 0 Å². The second-order valence-corrected chi connectivity index (χ2v) is 8.90. The normalized spacial score (nSPS) is 11.2. The molecule has 4 rings (SSSR count).